The van der Waals surface area contributed by atoms with Crippen LogP contribution in [0, 0.1) is 0 Å². The Morgan fingerprint density at radius 1 is 1.15 bits per heavy atom. The van der Waals surface area contributed by atoms with Gasteiger partial charge in [0, 0.05) is 20.3 Å². The minimum atomic E-state index is -3.80. The Hall–Kier alpha value is -2.26. The van der Waals surface area contributed by atoms with Crippen LogP contribution in [0.4, 0.5) is 0 Å². The topological polar surface area (TPSA) is 119 Å². The van der Waals surface area contributed by atoms with E-state index in [9.17, 15) is 18.3 Å². The lowest BCUT2D eigenvalue weighted by molar-refractivity contribution is -0.133. The van der Waals surface area contributed by atoms with Crippen LogP contribution in [-0.4, -0.2) is 39.7 Å². The zero-order valence-corrected chi connectivity index (χ0v) is 15.2. The summed E-state index contributed by atoms with van der Waals surface area (Å²) < 4.78 is 32.2. The summed E-state index contributed by atoms with van der Waals surface area (Å²) in [6, 6.07) is 13.7. The minimum absolute atomic E-state index is 0.0666. The van der Waals surface area contributed by atoms with Crippen LogP contribution >= 0.6 is 0 Å². The van der Waals surface area contributed by atoms with Crippen molar-refractivity contribution in [1.29, 1.82) is 0 Å². The van der Waals surface area contributed by atoms with Crippen LogP contribution in [0.5, 0.6) is 0 Å². The first-order chi connectivity index (χ1) is 12.3. The lowest BCUT2D eigenvalue weighted by atomic mass is 9.86. The molecule has 26 heavy (non-hydrogen) atoms. The van der Waals surface area contributed by atoms with Crippen molar-refractivity contribution >= 4 is 15.9 Å². The molecule has 1 unspecified atom stereocenters. The van der Waals surface area contributed by atoms with Crippen LogP contribution in [0.2, 0.25) is 0 Å². The first-order valence-corrected chi connectivity index (χ1v) is 9.47. The second-order valence-electron chi connectivity index (χ2n) is 5.71. The van der Waals surface area contributed by atoms with E-state index in [0.717, 1.165) is 0 Å². The molecule has 0 spiro atoms. The van der Waals surface area contributed by atoms with Crippen LogP contribution in [0.25, 0.3) is 0 Å². The molecule has 140 valence electrons. The van der Waals surface area contributed by atoms with Crippen LogP contribution in [0.15, 0.2) is 59.5 Å². The molecule has 2 aromatic carbocycles. The molecule has 0 aliphatic heterocycles. The number of amides is 1. The second-order valence-corrected chi connectivity index (χ2v) is 7.48. The average Bonchev–Trinajstić information content (AvgIpc) is 2.65. The Labute approximate surface area is 152 Å². The van der Waals surface area contributed by atoms with Gasteiger partial charge in [0.15, 0.2) is 5.60 Å². The van der Waals surface area contributed by atoms with E-state index in [4.69, 9.17) is 10.5 Å². The summed E-state index contributed by atoms with van der Waals surface area (Å²) >= 11 is 0. The van der Waals surface area contributed by atoms with Crippen molar-refractivity contribution in [3.8, 4) is 0 Å². The molecule has 0 radical (unpaired) electrons. The van der Waals surface area contributed by atoms with Gasteiger partial charge in [-0.2, -0.15) is 0 Å². The second kappa shape index (κ2) is 8.41. The third kappa shape index (κ3) is 4.28. The number of benzene rings is 2. The van der Waals surface area contributed by atoms with Gasteiger partial charge < -0.3 is 15.6 Å². The number of nitrogens with two attached hydrogens (primary N) is 1. The molecular formula is C18H22N2O5S. The highest BCUT2D eigenvalue weighted by molar-refractivity contribution is 7.89. The van der Waals surface area contributed by atoms with Gasteiger partial charge in [0.05, 0.1) is 4.90 Å². The van der Waals surface area contributed by atoms with Crippen LogP contribution in [0.1, 0.15) is 17.5 Å². The van der Waals surface area contributed by atoms with Gasteiger partial charge in [-0.3, -0.25) is 4.79 Å². The molecule has 0 bridgehead atoms. The van der Waals surface area contributed by atoms with Gasteiger partial charge in [0.25, 0.3) is 5.91 Å². The number of carbonyl (C=O) groups is 1. The number of carbonyl (C=O) groups excluding carboxylic acids is 1. The molecule has 1 amide bonds. The van der Waals surface area contributed by atoms with Gasteiger partial charge in [0.2, 0.25) is 10.0 Å². The third-order valence-corrected chi connectivity index (χ3v) is 5.39. The van der Waals surface area contributed by atoms with Crippen LogP contribution < -0.4 is 10.5 Å². The fourth-order valence-corrected chi connectivity index (χ4v) is 3.64. The molecule has 2 rings (SSSR count). The zero-order valence-electron chi connectivity index (χ0n) is 14.4. The normalized spacial score (nSPS) is 13.9. The Morgan fingerprint density at radius 2 is 1.81 bits per heavy atom. The van der Waals surface area contributed by atoms with Crippen molar-refractivity contribution in [1.82, 2.24) is 4.72 Å². The Balaban J connectivity index is 2.39. The molecule has 4 N–H and O–H groups in total. The van der Waals surface area contributed by atoms with Gasteiger partial charge in [0.1, 0.15) is 0 Å². The van der Waals surface area contributed by atoms with Crippen LogP contribution in [-0.2, 0) is 25.2 Å². The number of sulfonamides is 1. The maximum absolute atomic E-state index is 12.4. The fraction of sp³-hybridized carbons (Fsp3) is 0.278. The predicted octanol–water partition coefficient (Wildman–Crippen LogP) is 0.723. The molecule has 0 aliphatic rings. The molecule has 8 heteroatoms. The monoisotopic (exact) mass is 378 g/mol. The van der Waals surface area contributed by atoms with E-state index in [-0.39, 0.29) is 22.6 Å². The number of primary amides is 1. The number of methoxy groups -OCH3 is 1. The molecular weight excluding hydrogens is 356 g/mol. The molecule has 2 aromatic rings. The lowest BCUT2D eigenvalue weighted by Gasteiger charge is -2.26. The largest absolute Gasteiger partial charge is 0.385 e. The maximum Gasteiger partial charge on any atom is 0.258 e. The quantitative estimate of drug-likeness (QED) is 0.556. The lowest BCUT2D eigenvalue weighted by Crippen LogP contribution is -2.42. The van der Waals surface area contributed by atoms with Gasteiger partial charge in [-0.05, 0) is 29.7 Å². The van der Waals surface area contributed by atoms with Gasteiger partial charge in [-0.1, -0.05) is 42.5 Å². The van der Waals surface area contributed by atoms with E-state index >= 15 is 0 Å². The van der Waals surface area contributed by atoms with Crippen molar-refractivity contribution in [2.45, 2.75) is 16.9 Å². The van der Waals surface area contributed by atoms with E-state index in [1.165, 1.54) is 31.4 Å². The summed E-state index contributed by atoms with van der Waals surface area (Å²) in [5.74, 6) is -0.994. The summed E-state index contributed by atoms with van der Waals surface area (Å²) in [4.78, 5) is 12.0. The maximum atomic E-state index is 12.4. The van der Waals surface area contributed by atoms with Crippen molar-refractivity contribution in [3.05, 3.63) is 65.7 Å². The molecule has 0 fully saturated rings. The zero-order chi connectivity index (χ0) is 19.2. The highest BCUT2D eigenvalue weighted by atomic mass is 32.2. The molecule has 1 atom stereocenters. The number of rotatable bonds is 9. The standard InChI is InChI=1S/C18H22N2O5S/c1-25-12-6-11-20-26(23,24)16-10-5-9-15(13-16)18(22,17(19)21)14-7-3-2-4-8-14/h2-5,7-10,13,20,22H,6,11-12H2,1H3,(H2,19,21). The molecule has 0 heterocycles. The average molecular weight is 378 g/mol. The SMILES string of the molecule is COCCCNS(=O)(=O)c1cccc(C(O)(C(N)=O)c2ccccc2)c1. The molecule has 7 nitrogen and oxygen atoms in total. The molecule has 0 aromatic heterocycles. The van der Waals surface area contributed by atoms with E-state index in [0.29, 0.717) is 13.0 Å². The van der Waals surface area contributed by atoms with E-state index in [2.05, 4.69) is 4.72 Å². The van der Waals surface area contributed by atoms with E-state index < -0.39 is 21.5 Å². The minimum Gasteiger partial charge on any atom is -0.385 e. The Bertz CT molecular complexity index is 855. The van der Waals surface area contributed by atoms with Crippen molar-refractivity contribution in [3.63, 3.8) is 0 Å². The summed E-state index contributed by atoms with van der Waals surface area (Å²) in [5, 5.41) is 11.0. The van der Waals surface area contributed by atoms with E-state index in [1.54, 1.807) is 30.3 Å². The molecule has 0 aliphatic carbocycles. The predicted molar refractivity (Wildman–Crippen MR) is 96.8 cm³/mol. The fourth-order valence-electron chi connectivity index (χ4n) is 2.53. The summed E-state index contributed by atoms with van der Waals surface area (Å²) in [6.07, 6.45) is 0.519. The Kier molecular flexibility index (Phi) is 6.49. The number of hydrogen-bond acceptors (Lipinski definition) is 5. The number of ether oxygens (including phenoxy) is 1. The van der Waals surface area contributed by atoms with Gasteiger partial charge >= 0.3 is 0 Å². The van der Waals surface area contributed by atoms with E-state index in [1.807, 2.05) is 0 Å². The van der Waals surface area contributed by atoms with Gasteiger partial charge in [-0.25, -0.2) is 13.1 Å². The molecule has 0 saturated heterocycles. The van der Waals surface area contributed by atoms with Gasteiger partial charge in [-0.15, -0.1) is 0 Å². The third-order valence-electron chi connectivity index (χ3n) is 3.93. The number of nitrogens with one attached hydrogen (secondary N) is 1. The molecule has 0 saturated carbocycles. The first kappa shape index (κ1) is 20.1. The first-order valence-electron chi connectivity index (χ1n) is 7.99. The van der Waals surface area contributed by atoms with Crippen LogP contribution in [0.3, 0.4) is 0 Å². The highest BCUT2D eigenvalue weighted by Crippen LogP contribution is 2.30. The number of hydrogen-bond donors (Lipinski definition) is 3. The number of aliphatic hydroxyl groups is 1. The highest BCUT2D eigenvalue weighted by Gasteiger charge is 2.38. The van der Waals surface area contributed by atoms with Crippen molar-refractivity contribution in [2.75, 3.05) is 20.3 Å². The summed E-state index contributed by atoms with van der Waals surface area (Å²) in [5.41, 5.74) is 3.64. The Morgan fingerprint density at radius 3 is 2.42 bits per heavy atom. The van der Waals surface area contributed by atoms with Crippen molar-refractivity contribution < 1.29 is 23.1 Å². The van der Waals surface area contributed by atoms with Crippen molar-refractivity contribution in [2.24, 2.45) is 5.73 Å². The smallest absolute Gasteiger partial charge is 0.258 e. The summed E-state index contributed by atoms with van der Waals surface area (Å²) in [6.45, 7) is 0.636. The summed E-state index contributed by atoms with van der Waals surface area (Å²) in [7, 11) is -2.27.